The fraction of sp³-hybridized carbons (Fsp3) is 0.800. The van der Waals surface area contributed by atoms with Crippen molar-refractivity contribution in [2.45, 2.75) is 15.1 Å². The molecule has 0 unspecified atom stereocenters. The number of hydrogen-bond donors (Lipinski definition) is 1. The minimum absolute atomic E-state index is 1.03. The zero-order valence-electron chi connectivity index (χ0n) is 10.6. The van der Waals surface area contributed by atoms with Crippen LogP contribution in [0, 0.1) is 0 Å². The van der Waals surface area contributed by atoms with Crippen LogP contribution in [0.15, 0.2) is 8.68 Å². The van der Waals surface area contributed by atoms with Gasteiger partial charge in [0.05, 0.1) is 0 Å². The number of aromatic nitrogens is 2. The molecule has 17 heavy (non-hydrogen) atoms. The van der Waals surface area contributed by atoms with E-state index in [1.165, 1.54) is 6.42 Å². The molecule has 98 valence electrons. The van der Waals surface area contributed by atoms with Crippen LogP contribution in [0.3, 0.4) is 0 Å². The highest BCUT2D eigenvalue weighted by Gasteiger charge is 2.02. The average molecular weight is 292 g/mol. The van der Waals surface area contributed by atoms with Crippen molar-refractivity contribution in [3.05, 3.63) is 0 Å². The fourth-order valence-electron chi connectivity index (χ4n) is 1.19. The second-order valence-electron chi connectivity index (χ2n) is 3.79. The van der Waals surface area contributed by atoms with Crippen molar-refractivity contribution < 1.29 is 0 Å². The lowest BCUT2D eigenvalue weighted by atomic mass is 10.4. The predicted molar refractivity (Wildman–Crippen MR) is 78.5 cm³/mol. The van der Waals surface area contributed by atoms with Crippen LogP contribution >= 0.6 is 34.9 Å². The number of nitrogens with one attached hydrogen (secondary N) is 1. The molecule has 1 heterocycles. The summed E-state index contributed by atoms with van der Waals surface area (Å²) in [6.07, 6.45) is 3.23. The zero-order chi connectivity index (χ0) is 12.5. The molecule has 4 nitrogen and oxygen atoms in total. The molecule has 0 atom stereocenters. The molecule has 0 bridgehead atoms. The summed E-state index contributed by atoms with van der Waals surface area (Å²) < 4.78 is 2.12. The lowest BCUT2D eigenvalue weighted by molar-refractivity contribution is 0.396. The first-order valence-corrected chi connectivity index (χ1v) is 8.61. The van der Waals surface area contributed by atoms with Crippen molar-refractivity contribution in [3.63, 3.8) is 0 Å². The predicted octanol–water partition coefficient (Wildman–Crippen LogP) is 1.89. The molecule has 0 aliphatic carbocycles. The van der Waals surface area contributed by atoms with Crippen molar-refractivity contribution in [2.24, 2.45) is 0 Å². The van der Waals surface area contributed by atoms with Gasteiger partial charge in [0.2, 0.25) is 0 Å². The minimum Gasteiger partial charge on any atom is -0.316 e. The lowest BCUT2D eigenvalue weighted by Crippen LogP contribution is -2.23. The number of rotatable bonds is 9. The third-order valence-corrected chi connectivity index (χ3v) is 5.06. The van der Waals surface area contributed by atoms with E-state index >= 15 is 0 Å². The maximum atomic E-state index is 4.12. The third kappa shape index (κ3) is 7.25. The van der Waals surface area contributed by atoms with Crippen molar-refractivity contribution in [1.29, 1.82) is 0 Å². The maximum Gasteiger partial charge on any atom is 0.175 e. The van der Waals surface area contributed by atoms with E-state index in [0.717, 1.165) is 34.1 Å². The van der Waals surface area contributed by atoms with Gasteiger partial charge in [0.1, 0.15) is 0 Å². The van der Waals surface area contributed by atoms with Gasteiger partial charge in [0.25, 0.3) is 0 Å². The average Bonchev–Trinajstić information content (AvgIpc) is 2.75. The van der Waals surface area contributed by atoms with Gasteiger partial charge in [-0.05, 0) is 39.9 Å². The van der Waals surface area contributed by atoms with Gasteiger partial charge in [0.15, 0.2) is 8.68 Å². The van der Waals surface area contributed by atoms with Gasteiger partial charge in [-0.1, -0.05) is 34.9 Å². The van der Waals surface area contributed by atoms with Crippen LogP contribution in [0.1, 0.15) is 6.42 Å². The molecule has 0 aliphatic rings. The molecule has 1 N–H and O–H groups in total. The summed E-state index contributed by atoms with van der Waals surface area (Å²) in [6.45, 7) is 3.27. The van der Waals surface area contributed by atoms with E-state index in [2.05, 4.69) is 34.5 Å². The minimum atomic E-state index is 1.03. The molecule has 0 fully saturated rings. The Morgan fingerprint density at radius 3 is 2.65 bits per heavy atom. The van der Waals surface area contributed by atoms with Crippen molar-refractivity contribution in [1.82, 2.24) is 20.4 Å². The van der Waals surface area contributed by atoms with Crippen LogP contribution < -0.4 is 5.32 Å². The summed E-state index contributed by atoms with van der Waals surface area (Å²) >= 11 is 5.11. The lowest BCUT2D eigenvalue weighted by Gasteiger charge is -2.09. The van der Waals surface area contributed by atoms with Gasteiger partial charge < -0.3 is 10.2 Å². The van der Waals surface area contributed by atoms with E-state index < -0.39 is 0 Å². The van der Waals surface area contributed by atoms with Gasteiger partial charge >= 0.3 is 0 Å². The molecule has 0 aromatic carbocycles. The molecule has 1 rings (SSSR count). The molecular formula is C10H20N4S3. The largest absolute Gasteiger partial charge is 0.316 e. The smallest absolute Gasteiger partial charge is 0.175 e. The van der Waals surface area contributed by atoms with E-state index in [9.17, 15) is 0 Å². The highest BCUT2D eigenvalue weighted by atomic mass is 32.2. The van der Waals surface area contributed by atoms with Gasteiger partial charge in [-0.25, -0.2) is 0 Å². The topological polar surface area (TPSA) is 41.1 Å². The summed E-state index contributed by atoms with van der Waals surface area (Å²) in [5.41, 5.74) is 0. The van der Waals surface area contributed by atoms with Gasteiger partial charge in [-0.15, -0.1) is 10.2 Å². The van der Waals surface area contributed by atoms with Crippen LogP contribution in [-0.2, 0) is 0 Å². The summed E-state index contributed by atoms with van der Waals surface area (Å²) in [4.78, 5) is 2.21. The molecule has 7 heteroatoms. The van der Waals surface area contributed by atoms with Crippen LogP contribution in [0.4, 0.5) is 0 Å². The van der Waals surface area contributed by atoms with Gasteiger partial charge in [0, 0.05) is 12.3 Å². The molecule has 0 saturated carbocycles. The number of hydrogen-bond acceptors (Lipinski definition) is 7. The Morgan fingerprint density at radius 1 is 1.24 bits per heavy atom. The molecule has 1 aromatic heterocycles. The summed E-state index contributed by atoms with van der Waals surface area (Å²) in [5, 5.41) is 11.6. The molecule has 0 spiro atoms. The summed E-state index contributed by atoms with van der Waals surface area (Å²) in [7, 11) is 4.21. The molecule has 0 radical (unpaired) electrons. The Kier molecular flexibility index (Phi) is 8.21. The Balaban J connectivity index is 1.97. The number of nitrogens with zero attached hydrogens (tertiary/aromatic N) is 3. The first-order chi connectivity index (χ1) is 8.22. The summed E-state index contributed by atoms with van der Waals surface area (Å²) in [6, 6.07) is 0. The van der Waals surface area contributed by atoms with Crippen molar-refractivity contribution >= 4 is 34.9 Å². The standard InChI is InChI=1S/C10H20N4S3/c1-14(2)7-4-5-11-6-8-16-10-13-12-9(15-3)17-10/h11H,4-8H2,1-3H3. The highest BCUT2D eigenvalue weighted by Crippen LogP contribution is 2.26. The van der Waals surface area contributed by atoms with Crippen LogP contribution in [0.5, 0.6) is 0 Å². The SMILES string of the molecule is CSc1nnc(SCCNCCCN(C)C)s1. The fourth-order valence-corrected chi connectivity index (χ4v) is 3.60. The second kappa shape index (κ2) is 9.16. The highest BCUT2D eigenvalue weighted by molar-refractivity contribution is 8.02. The van der Waals surface area contributed by atoms with Gasteiger partial charge in [-0.2, -0.15) is 0 Å². The molecule has 1 aromatic rings. The van der Waals surface area contributed by atoms with Gasteiger partial charge in [-0.3, -0.25) is 0 Å². The first kappa shape index (κ1) is 15.2. The normalized spacial score (nSPS) is 11.3. The zero-order valence-corrected chi connectivity index (χ0v) is 13.1. The second-order valence-corrected chi connectivity index (χ2v) is 7.17. The summed E-state index contributed by atoms with van der Waals surface area (Å²) in [5.74, 6) is 1.06. The molecule has 0 amide bonds. The maximum absolute atomic E-state index is 4.12. The van der Waals surface area contributed by atoms with E-state index in [0.29, 0.717) is 0 Å². The Labute approximate surface area is 116 Å². The van der Waals surface area contributed by atoms with Crippen LogP contribution in [0.25, 0.3) is 0 Å². The van der Waals surface area contributed by atoms with Crippen molar-refractivity contribution in [3.8, 4) is 0 Å². The van der Waals surface area contributed by atoms with E-state index in [1.807, 2.05) is 6.26 Å². The molecular weight excluding hydrogens is 272 g/mol. The molecule has 0 aliphatic heterocycles. The van der Waals surface area contributed by atoms with E-state index in [4.69, 9.17) is 0 Å². The molecule has 0 saturated heterocycles. The quantitative estimate of drug-likeness (QED) is 0.554. The monoisotopic (exact) mass is 292 g/mol. The Bertz CT molecular complexity index is 303. The van der Waals surface area contributed by atoms with E-state index in [-0.39, 0.29) is 0 Å². The Hall–Kier alpha value is 0.180. The Morgan fingerprint density at radius 2 is 2.00 bits per heavy atom. The van der Waals surface area contributed by atoms with Crippen molar-refractivity contribution in [2.75, 3.05) is 45.7 Å². The first-order valence-electron chi connectivity index (χ1n) is 5.58. The number of thioether (sulfide) groups is 2. The third-order valence-electron chi connectivity index (χ3n) is 2.03. The van der Waals surface area contributed by atoms with Crippen LogP contribution in [-0.4, -0.2) is 60.8 Å². The van der Waals surface area contributed by atoms with Crippen LogP contribution in [0.2, 0.25) is 0 Å². The van der Waals surface area contributed by atoms with E-state index in [1.54, 1.807) is 34.9 Å².